The standard InChI is InChI=1S/C27H30N2O5/c1-4-10-21-22(14-13-20-18(2)17-23(30)34-24(20)21)33-16-9-8-15-29-25(31)27(3,28-26(29)32)19-11-6-5-7-12-19/h5-7,11-14,17H,4,8-10,15-16H2,1-3H3,(H,28,32). The number of carbonyl (C=O) groups is 2. The van der Waals surface area contributed by atoms with Crippen molar-refractivity contribution >= 4 is 22.9 Å². The van der Waals surface area contributed by atoms with E-state index >= 15 is 0 Å². The van der Waals surface area contributed by atoms with Crippen LogP contribution in [0.1, 0.15) is 49.8 Å². The lowest BCUT2D eigenvalue weighted by Crippen LogP contribution is -2.40. The fraction of sp³-hybridized carbons (Fsp3) is 0.370. The summed E-state index contributed by atoms with van der Waals surface area (Å²) in [5.41, 5.74) is 1.72. The molecule has 2 aromatic carbocycles. The molecule has 1 aliphatic rings. The van der Waals surface area contributed by atoms with Gasteiger partial charge in [-0.2, -0.15) is 0 Å². The van der Waals surface area contributed by atoms with Crippen LogP contribution in [0.3, 0.4) is 0 Å². The number of aryl methyl sites for hydroxylation is 2. The molecule has 0 radical (unpaired) electrons. The van der Waals surface area contributed by atoms with Crippen LogP contribution in [0, 0.1) is 6.92 Å². The van der Waals surface area contributed by atoms with Gasteiger partial charge >= 0.3 is 11.7 Å². The lowest BCUT2D eigenvalue weighted by atomic mass is 9.92. The Morgan fingerprint density at radius 2 is 1.82 bits per heavy atom. The van der Waals surface area contributed by atoms with Crippen LogP contribution in [0.4, 0.5) is 4.79 Å². The van der Waals surface area contributed by atoms with Gasteiger partial charge in [0.2, 0.25) is 0 Å². The summed E-state index contributed by atoms with van der Waals surface area (Å²) in [4.78, 5) is 38.7. The summed E-state index contributed by atoms with van der Waals surface area (Å²) in [5.74, 6) is 0.463. The second-order valence-electron chi connectivity index (χ2n) is 8.85. The number of nitrogens with one attached hydrogen (secondary N) is 1. The van der Waals surface area contributed by atoms with Gasteiger partial charge in [0.1, 0.15) is 16.9 Å². The van der Waals surface area contributed by atoms with Crippen LogP contribution in [0.15, 0.2) is 57.7 Å². The van der Waals surface area contributed by atoms with E-state index in [2.05, 4.69) is 12.2 Å². The summed E-state index contributed by atoms with van der Waals surface area (Å²) in [6.45, 7) is 6.45. The van der Waals surface area contributed by atoms with Gasteiger partial charge in [-0.25, -0.2) is 9.59 Å². The molecule has 1 aliphatic heterocycles. The minimum atomic E-state index is -1.04. The summed E-state index contributed by atoms with van der Waals surface area (Å²) in [6.07, 6.45) is 2.91. The molecule has 3 amide bonds. The van der Waals surface area contributed by atoms with E-state index in [9.17, 15) is 14.4 Å². The molecule has 1 saturated heterocycles. The molecule has 1 N–H and O–H groups in total. The monoisotopic (exact) mass is 462 g/mol. The first-order valence-electron chi connectivity index (χ1n) is 11.7. The molecule has 178 valence electrons. The maximum absolute atomic E-state index is 13.0. The van der Waals surface area contributed by atoms with Crippen LogP contribution in [0.5, 0.6) is 5.75 Å². The van der Waals surface area contributed by atoms with E-state index in [-0.39, 0.29) is 17.6 Å². The Balaban J connectivity index is 1.38. The Kier molecular flexibility index (Phi) is 6.72. The molecule has 1 aromatic heterocycles. The molecule has 1 unspecified atom stereocenters. The molecule has 0 aliphatic carbocycles. The third-order valence-electron chi connectivity index (χ3n) is 6.34. The van der Waals surface area contributed by atoms with E-state index < -0.39 is 5.54 Å². The van der Waals surface area contributed by atoms with Gasteiger partial charge in [-0.3, -0.25) is 9.69 Å². The molecule has 3 aromatic rings. The first-order chi connectivity index (χ1) is 16.3. The van der Waals surface area contributed by atoms with Gasteiger partial charge in [-0.05, 0) is 56.4 Å². The molecule has 1 fully saturated rings. The van der Waals surface area contributed by atoms with Crippen LogP contribution in [0.2, 0.25) is 0 Å². The number of hydrogen-bond acceptors (Lipinski definition) is 5. The number of imide groups is 1. The SMILES string of the molecule is CCCc1c(OCCCCN2C(=O)NC(C)(c3ccccc3)C2=O)ccc2c(C)cc(=O)oc12. The highest BCUT2D eigenvalue weighted by atomic mass is 16.5. The highest BCUT2D eigenvalue weighted by Crippen LogP contribution is 2.31. The Labute approximate surface area is 198 Å². The largest absolute Gasteiger partial charge is 0.493 e. The van der Waals surface area contributed by atoms with Crippen molar-refractivity contribution in [2.45, 2.75) is 52.0 Å². The molecule has 4 rings (SSSR count). The van der Waals surface area contributed by atoms with Crippen molar-refractivity contribution in [3.05, 3.63) is 75.6 Å². The molecule has 2 heterocycles. The van der Waals surface area contributed by atoms with Crippen molar-refractivity contribution in [3.8, 4) is 5.75 Å². The Hall–Kier alpha value is -3.61. The maximum Gasteiger partial charge on any atom is 0.336 e. The van der Waals surface area contributed by atoms with Gasteiger partial charge in [0.25, 0.3) is 5.91 Å². The number of amides is 3. The van der Waals surface area contributed by atoms with Crippen molar-refractivity contribution in [2.24, 2.45) is 0 Å². The summed E-state index contributed by atoms with van der Waals surface area (Å²) in [5, 5.41) is 3.74. The molecule has 0 bridgehead atoms. The van der Waals surface area contributed by atoms with Crippen LogP contribution in [-0.2, 0) is 16.8 Å². The van der Waals surface area contributed by atoms with E-state index in [1.165, 1.54) is 11.0 Å². The van der Waals surface area contributed by atoms with E-state index in [1.807, 2.05) is 49.4 Å². The quantitative estimate of drug-likeness (QED) is 0.283. The first kappa shape index (κ1) is 23.5. The van der Waals surface area contributed by atoms with Crippen molar-refractivity contribution in [1.82, 2.24) is 10.2 Å². The molecule has 0 spiro atoms. The maximum atomic E-state index is 13.0. The molecular weight excluding hydrogens is 432 g/mol. The lowest BCUT2D eigenvalue weighted by Gasteiger charge is -2.22. The van der Waals surface area contributed by atoms with Crippen molar-refractivity contribution in [2.75, 3.05) is 13.2 Å². The summed E-state index contributed by atoms with van der Waals surface area (Å²) >= 11 is 0. The van der Waals surface area contributed by atoms with Crippen molar-refractivity contribution in [1.29, 1.82) is 0 Å². The second-order valence-corrected chi connectivity index (χ2v) is 8.85. The van der Waals surface area contributed by atoms with Gasteiger partial charge in [0.05, 0.1) is 6.61 Å². The van der Waals surface area contributed by atoms with Gasteiger partial charge in [-0.15, -0.1) is 0 Å². The number of ether oxygens (including phenoxy) is 1. The van der Waals surface area contributed by atoms with Crippen LogP contribution in [0.25, 0.3) is 11.0 Å². The highest BCUT2D eigenvalue weighted by Gasteiger charge is 2.48. The van der Waals surface area contributed by atoms with Gasteiger partial charge in [0.15, 0.2) is 0 Å². The first-order valence-corrected chi connectivity index (χ1v) is 11.7. The number of urea groups is 1. The van der Waals surface area contributed by atoms with Crippen LogP contribution >= 0.6 is 0 Å². The fourth-order valence-corrected chi connectivity index (χ4v) is 4.46. The zero-order valence-corrected chi connectivity index (χ0v) is 19.8. The third-order valence-corrected chi connectivity index (χ3v) is 6.34. The van der Waals surface area contributed by atoms with Crippen molar-refractivity contribution < 1.29 is 18.7 Å². The highest BCUT2D eigenvalue weighted by molar-refractivity contribution is 6.07. The minimum absolute atomic E-state index is 0.241. The number of nitrogens with zero attached hydrogens (tertiary/aromatic N) is 1. The number of hydrogen-bond donors (Lipinski definition) is 1. The predicted molar refractivity (Wildman–Crippen MR) is 130 cm³/mol. The number of unbranched alkanes of at least 4 members (excludes halogenated alkanes) is 1. The summed E-state index contributed by atoms with van der Waals surface area (Å²) < 4.78 is 11.6. The van der Waals surface area contributed by atoms with E-state index in [0.717, 1.165) is 34.9 Å². The van der Waals surface area contributed by atoms with E-state index in [0.29, 0.717) is 37.3 Å². The molecule has 7 nitrogen and oxygen atoms in total. The summed E-state index contributed by atoms with van der Waals surface area (Å²) in [7, 11) is 0. The zero-order valence-electron chi connectivity index (χ0n) is 19.8. The second kappa shape index (κ2) is 9.71. The summed E-state index contributed by atoms with van der Waals surface area (Å²) in [6, 6.07) is 14.2. The molecule has 34 heavy (non-hydrogen) atoms. The van der Waals surface area contributed by atoms with Gasteiger partial charge in [0, 0.05) is 23.6 Å². The average Bonchev–Trinajstić information content (AvgIpc) is 3.04. The Bertz CT molecular complexity index is 1270. The van der Waals surface area contributed by atoms with Gasteiger partial charge in [-0.1, -0.05) is 43.7 Å². The number of benzene rings is 2. The number of rotatable bonds is 9. The van der Waals surface area contributed by atoms with E-state index in [4.69, 9.17) is 9.15 Å². The predicted octanol–water partition coefficient (Wildman–Crippen LogP) is 4.68. The van der Waals surface area contributed by atoms with Gasteiger partial charge < -0.3 is 14.5 Å². The zero-order chi connectivity index (χ0) is 24.3. The fourth-order valence-electron chi connectivity index (χ4n) is 4.46. The average molecular weight is 463 g/mol. The Morgan fingerprint density at radius 1 is 1.06 bits per heavy atom. The molecule has 7 heteroatoms. The number of carbonyl (C=O) groups excluding carboxylic acids is 2. The van der Waals surface area contributed by atoms with E-state index in [1.54, 1.807) is 6.92 Å². The minimum Gasteiger partial charge on any atom is -0.493 e. The van der Waals surface area contributed by atoms with Crippen LogP contribution < -0.4 is 15.7 Å². The normalized spacial score (nSPS) is 17.9. The topological polar surface area (TPSA) is 88.9 Å². The van der Waals surface area contributed by atoms with Crippen molar-refractivity contribution in [3.63, 3.8) is 0 Å². The molecular formula is C27H30N2O5. The smallest absolute Gasteiger partial charge is 0.336 e. The molecule has 0 saturated carbocycles. The molecule has 1 atom stereocenters. The third kappa shape index (κ3) is 4.42. The lowest BCUT2D eigenvalue weighted by molar-refractivity contribution is -0.131. The van der Waals surface area contributed by atoms with Crippen LogP contribution in [-0.4, -0.2) is 30.0 Å². The number of fused-ring (bicyclic) bond motifs is 1. The Morgan fingerprint density at radius 3 is 2.56 bits per heavy atom.